The molecule has 2 nitrogen and oxygen atoms in total. The van der Waals surface area contributed by atoms with Crippen LogP contribution in [0.25, 0.3) is 0 Å². The summed E-state index contributed by atoms with van der Waals surface area (Å²) >= 11 is 9.96. The topological polar surface area (TPSA) is 12.5 Å². The minimum absolute atomic E-state index is 0.287. The minimum atomic E-state index is 0.287. The Hall–Kier alpha value is -0.680. The van der Waals surface area contributed by atoms with Crippen LogP contribution in [0.5, 0.6) is 5.75 Å². The molecule has 0 saturated heterocycles. The third-order valence-corrected chi connectivity index (χ3v) is 6.08. The molecule has 0 atom stereocenters. The van der Waals surface area contributed by atoms with Gasteiger partial charge in [0.25, 0.3) is 0 Å². The molecule has 0 radical (unpaired) electrons. The first-order valence-electron chi connectivity index (χ1n) is 7.82. The summed E-state index contributed by atoms with van der Waals surface area (Å²) in [7, 11) is 0. The Bertz CT molecular complexity index is 678. The average Bonchev–Trinajstić information content (AvgIpc) is 2.68. The molecule has 0 unspecified atom stereocenters. The Morgan fingerprint density at radius 1 is 1.26 bits per heavy atom. The summed E-state index contributed by atoms with van der Waals surface area (Å²) in [5.41, 5.74) is 1.51. The number of nitrogens with zero attached hydrogens (tertiary/aromatic N) is 1. The summed E-state index contributed by atoms with van der Waals surface area (Å²) in [5, 5.41) is 0. The Kier molecular flexibility index (Phi) is 5.26. The minimum Gasteiger partial charge on any atom is -0.491 e. The van der Waals surface area contributed by atoms with Crippen LogP contribution in [0.15, 0.2) is 35.2 Å². The molecule has 5 heteroatoms. The second kappa shape index (κ2) is 7.06. The van der Waals surface area contributed by atoms with E-state index in [1.807, 2.05) is 12.1 Å². The van der Waals surface area contributed by atoms with E-state index in [1.54, 1.807) is 23.3 Å². The van der Waals surface area contributed by atoms with Gasteiger partial charge in [0, 0.05) is 18.0 Å². The van der Waals surface area contributed by atoms with E-state index in [2.05, 4.69) is 43.3 Å². The van der Waals surface area contributed by atoms with Crippen LogP contribution in [-0.4, -0.2) is 17.5 Å². The third kappa shape index (κ3) is 4.66. The molecule has 23 heavy (non-hydrogen) atoms. The van der Waals surface area contributed by atoms with Crippen molar-refractivity contribution in [2.45, 2.75) is 38.6 Å². The number of hydrogen-bond donors (Lipinski definition) is 0. The van der Waals surface area contributed by atoms with E-state index in [4.69, 9.17) is 16.3 Å². The van der Waals surface area contributed by atoms with Crippen LogP contribution in [0.3, 0.4) is 0 Å². The first-order valence-corrected chi connectivity index (χ1v) is 9.79. The summed E-state index contributed by atoms with van der Waals surface area (Å²) in [4.78, 5) is 2.54. The van der Waals surface area contributed by atoms with Crippen molar-refractivity contribution < 1.29 is 4.74 Å². The number of rotatable bonds is 3. The van der Waals surface area contributed by atoms with Gasteiger partial charge in [0.2, 0.25) is 0 Å². The highest BCUT2D eigenvalue weighted by Crippen LogP contribution is 2.37. The SMILES string of the molecule is CC(C)(C)Cc1cc(CN2CCOc3ccccc3S2)c(Cl)s1. The number of ether oxygens (including phenoxy) is 1. The number of para-hydroxylation sites is 1. The number of benzene rings is 1. The molecule has 0 saturated carbocycles. The van der Waals surface area contributed by atoms with Gasteiger partial charge in [0.1, 0.15) is 12.4 Å². The molecule has 2 heterocycles. The predicted molar refractivity (Wildman–Crippen MR) is 101 cm³/mol. The first kappa shape index (κ1) is 17.2. The number of hydrogen-bond acceptors (Lipinski definition) is 4. The molecule has 0 N–H and O–H groups in total. The summed E-state index contributed by atoms with van der Waals surface area (Å²) < 4.78 is 9.08. The van der Waals surface area contributed by atoms with Crippen LogP contribution >= 0.6 is 34.9 Å². The van der Waals surface area contributed by atoms with Crippen molar-refractivity contribution >= 4 is 34.9 Å². The molecule has 1 aliphatic heterocycles. The second-order valence-electron chi connectivity index (χ2n) is 7.00. The highest BCUT2D eigenvalue weighted by atomic mass is 35.5. The molecule has 1 aliphatic rings. The molecule has 1 aromatic heterocycles. The normalized spacial score (nSPS) is 15.8. The van der Waals surface area contributed by atoms with Crippen molar-refractivity contribution in [3.05, 3.63) is 45.1 Å². The number of fused-ring (bicyclic) bond motifs is 1. The summed E-state index contributed by atoms with van der Waals surface area (Å²) in [6.07, 6.45) is 1.07. The largest absolute Gasteiger partial charge is 0.491 e. The van der Waals surface area contributed by atoms with Gasteiger partial charge in [0.15, 0.2) is 0 Å². The lowest BCUT2D eigenvalue weighted by Gasteiger charge is -2.17. The van der Waals surface area contributed by atoms with Gasteiger partial charge in [0.05, 0.1) is 9.23 Å². The molecule has 124 valence electrons. The smallest absolute Gasteiger partial charge is 0.134 e. The highest BCUT2D eigenvalue weighted by Gasteiger charge is 2.20. The summed E-state index contributed by atoms with van der Waals surface area (Å²) in [6.45, 7) is 9.24. The van der Waals surface area contributed by atoms with Gasteiger partial charge < -0.3 is 4.74 Å². The quantitative estimate of drug-likeness (QED) is 0.627. The monoisotopic (exact) mass is 367 g/mol. The third-order valence-electron chi connectivity index (χ3n) is 3.53. The van der Waals surface area contributed by atoms with Gasteiger partial charge in [-0.25, -0.2) is 4.31 Å². The van der Waals surface area contributed by atoms with E-state index in [0.717, 1.165) is 29.6 Å². The fourth-order valence-electron chi connectivity index (χ4n) is 2.57. The molecule has 0 fully saturated rings. The molecular weight excluding hydrogens is 346 g/mol. The predicted octanol–water partition coefficient (Wildman–Crippen LogP) is 5.89. The Morgan fingerprint density at radius 2 is 2.04 bits per heavy atom. The zero-order valence-electron chi connectivity index (χ0n) is 13.8. The molecular formula is C18H22ClNOS2. The van der Waals surface area contributed by atoms with E-state index in [-0.39, 0.29) is 5.41 Å². The second-order valence-corrected chi connectivity index (χ2v) is 9.88. The van der Waals surface area contributed by atoms with Gasteiger partial charge in [-0.15, -0.1) is 11.3 Å². The maximum absolute atomic E-state index is 6.49. The Morgan fingerprint density at radius 3 is 2.83 bits per heavy atom. The molecule has 0 amide bonds. The maximum atomic E-state index is 6.49. The fraction of sp³-hybridized carbons (Fsp3) is 0.444. The van der Waals surface area contributed by atoms with Gasteiger partial charge in [-0.2, -0.15) is 0 Å². The number of halogens is 1. The van der Waals surface area contributed by atoms with E-state index in [1.165, 1.54) is 15.3 Å². The molecule has 2 aromatic rings. The van der Waals surface area contributed by atoms with Gasteiger partial charge >= 0.3 is 0 Å². The van der Waals surface area contributed by atoms with Gasteiger partial charge in [-0.05, 0) is 47.5 Å². The van der Waals surface area contributed by atoms with Crippen LogP contribution in [0.1, 0.15) is 31.2 Å². The lowest BCUT2D eigenvalue weighted by atomic mass is 9.91. The van der Waals surface area contributed by atoms with Crippen LogP contribution in [0, 0.1) is 5.41 Å². The standard InChI is InChI=1S/C18H22ClNOS2/c1-18(2,3)11-14-10-13(17(19)22-14)12-20-8-9-21-15-6-4-5-7-16(15)23-20/h4-7,10H,8-9,11-12H2,1-3H3. The summed E-state index contributed by atoms with van der Waals surface area (Å²) in [5.74, 6) is 0.977. The Balaban J connectivity index is 1.72. The summed E-state index contributed by atoms with van der Waals surface area (Å²) in [6, 6.07) is 10.5. The average molecular weight is 368 g/mol. The maximum Gasteiger partial charge on any atom is 0.134 e. The van der Waals surface area contributed by atoms with Gasteiger partial charge in [-0.1, -0.05) is 44.5 Å². The van der Waals surface area contributed by atoms with Crippen molar-refractivity contribution in [1.29, 1.82) is 0 Å². The Labute approximate surface area is 151 Å². The lowest BCUT2D eigenvalue weighted by Crippen LogP contribution is -2.19. The van der Waals surface area contributed by atoms with E-state index in [9.17, 15) is 0 Å². The molecule has 0 spiro atoms. The van der Waals surface area contributed by atoms with E-state index >= 15 is 0 Å². The van der Waals surface area contributed by atoms with Crippen molar-refractivity contribution in [2.24, 2.45) is 5.41 Å². The molecule has 3 rings (SSSR count). The van der Waals surface area contributed by atoms with Crippen molar-refractivity contribution in [3.8, 4) is 5.75 Å². The van der Waals surface area contributed by atoms with Crippen LogP contribution < -0.4 is 4.74 Å². The first-order chi connectivity index (χ1) is 10.9. The van der Waals surface area contributed by atoms with Crippen molar-refractivity contribution in [2.75, 3.05) is 13.2 Å². The fourth-order valence-corrected chi connectivity index (χ4v) is 5.17. The molecule has 1 aromatic carbocycles. The van der Waals surface area contributed by atoms with E-state index in [0.29, 0.717) is 6.61 Å². The van der Waals surface area contributed by atoms with Gasteiger partial charge in [-0.3, -0.25) is 0 Å². The van der Waals surface area contributed by atoms with E-state index < -0.39 is 0 Å². The van der Waals surface area contributed by atoms with Crippen molar-refractivity contribution in [3.63, 3.8) is 0 Å². The highest BCUT2D eigenvalue weighted by molar-refractivity contribution is 7.97. The number of thiophene rings is 1. The van der Waals surface area contributed by atoms with Crippen LogP contribution in [0.2, 0.25) is 4.34 Å². The molecule has 0 aliphatic carbocycles. The molecule has 0 bridgehead atoms. The van der Waals surface area contributed by atoms with Crippen molar-refractivity contribution in [1.82, 2.24) is 4.31 Å². The zero-order valence-corrected chi connectivity index (χ0v) is 16.2. The van der Waals surface area contributed by atoms with Crippen LogP contribution in [0.4, 0.5) is 0 Å². The zero-order chi connectivity index (χ0) is 16.4. The lowest BCUT2D eigenvalue weighted by molar-refractivity contribution is 0.283. The van der Waals surface area contributed by atoms with Crippen LogP contribution in [-0.2, 0) is 13.0 Å².